The molecule has 4 aliphatic heterocycles. The van der Waals surface area contributed by atoms with Gasteiger partial charge < -0.3 is 38.6 Å². The predicted molar refractivity (Wildman–Crippen MR) is 249 cm³/mol. The summed E-state index contributed by atoms with van der Waals surface area (Å²) < 4.78 is 29.4. The third kappa shape index (κ3) is 11.7. The first-order chi connectivity index (χ1) is 31.6. The van der Waals surface area contributed by atoms with E-state index in [2.05, 4.69) is 5.32 Å². The van der Waals surface area contributed by atoms with E-state index in [0.29, 0.717) is 24.4 Å². The molecule has 0 radical (unpaired) electrons. The second-order valence-electron chi connectivity index (χ2n) is 18.9. The predicted octanol–water partition coefficient (Wildman–Crippen LogP) is 5.16. The van der Waals surface area contributed by atoms with Gasteiger partial charge in [-0.2, -0.15) is 0 Å². The lowest BCUT2D eigenvalue weighted by Gasteiger charge is -2.42. The van der Waals surface area contributed by atoms with E-state index >= 15 is 0 Å². The van der Waals surface area contributed by atoms with Gasteiger partial charge in [-0.25, -0.2) is 9.59 Å². The van der Waals surface area contributed by atoms with Crippen molar-refractivity contribution >= 4 is 70.5 Å². The summed E-state index contributed by atoms with van der Waals surface area (Å²) in [5.41, 5.74) is -1.13. The minimum Gasteiger partial charge on any atom is -0.495 e. The molecular formula is C48H65ClN4O13S. The number of hydrogen-bond donors (Lipinski definition) is 2. The summed E-state index contributed by atoms with van der Waals surface area (Å²) in [6.45, 7) is 8.82. The maximum Gasteiger partial charge on any atom is 0.409 e. The standard InChI is InChI=1S/C48H65ClN4O13S/c1-26-11-10-12-37(63-9)48(61)24-35(64-46(60)50-48)27(2)43-47(5,66-43)38(23-40(56)52(7)33-20-31(19-26)21-34(62-8)42(33)49)65-45(59)28(3)51(6)39(55)17-18-67-36-22-41(57)53(44(36)58)25-30-13-15-32(16-14-30)29(4)54/h10-12,20-21,27-28,30,32,35-38,43,61H,13-19,22-25H2,1-9H3,(H,50,60)/b12-10+,26-11+/t27-,28+,30?,32?,35+,36?,37-,38+,43+,47?,48+/m1/s1. The number of methoxy groups -OCH3 is 2. The Hall–Kier alpha value is -4.49. The first kappa shape index (κ1) is 51.9. The molecule has 5 amide bonds. The zero-order valence-electron chi connectivity index (χ0n) is 39.8. The SMILES string of the molecule is COc1cc2cc(c1Cl)N(C)C(=O)C[C@H](OC(=O)[C@H](C)N(C)C(=O)CCSC1CC(=O)N(CC3CCC(C(C)=O)CC3)C1=O)C1(C)O[C@H]1[C@H](C)[C@@H]1C[C@@](O)(NC(=O)O1)[C@H](OC)/C=C/C=C(\C)C2. The van der Waals surface area contributed by atoms with Crippen LogP contribution in [0.3, 0.4) is 0 Å². The summed E-state index contributed by atoms with van der Waals surface area (Å²) in [6, 6.07) is 2.43. The van der Waals surface area contributed by atoms with Crippen LogP contribution in [-0.4, -0.2) is 144 Å². The molecule has 4 heterocycles. The molecule has 2 unspecified atom stereocenters. The van der Waals surface area contributed by atoms with Crippen LogP contribution in [-0.2, 0) is 54.1 Å². The van der Waals surface area contributed by atoms with Crippen molar-refractivity contribution in [3.63, 3.8) is 0 Å². The van der Waals surface area contributed by atoms with Crippen molar-refractivity contribution < 1.29 is 62.4 Å². The molecule has 5 aliphatic rings. The van der Waals surface area contributed by atoms with Crippen LogP contribution in [0.1, 0.15) is 91.5 Å². The maximum atomic E-state index is 14.3. The van der Waals surface area contributed by atoms with Crippen molar-refractivity contribution in [1.29, 1.82) is 0 Å². The number of alkyl carbamates (subject to hydrolysis) is 1. The molecule has 3 saturated heterocycles. The van der Waals surface area contributed by atoms with E-state index in [9.17, 15) is 38.7 Å². The maximum absolute atomic E-state index is 14.3. The molecule has 368 valence electrons. The number of amides is 5. The second-order valence-corrected chi connectivity index (χ2v) is 20.6. The number of nitrogens with zero attached hydrogens (tertiary/aromatic N) is 3. The molecule has 17 nitrogen and oxygen atoms in total. The number of halogens is 1. The molecule has 6 rings (SSSR count). The summed E-state index contributed by atoms with van der Waals surface area (Å²) in [7, 11) is 5.91. The lowest BCUT2D eigenvalue weighted by atomic mass is 9.80. The number of nitrogens with one attached hydrogen (secondary N) is 1. The molecule has 4 fully saturated rings. The average molecular weight is 974 g/mol. The molecule has 19 heteroatoms. The van der Waals surface area contributed by atoms with Gasteiger partial charge in [0.05, 0.1) is 30.6 Å². The highest BCUT2D eigenvalue weighted by Crippen LogP contribution is 2.49. The lowest BCUT2D eigenvalue weighted by molar-refractivity contribution is -0.162. The Labute approximate surface area is 401 Å². The first-order valence-corrected chi connectivity index (χ1v) is 24.3. The smallest absolute Gasteiger partial charge is 0.409 e. The normalized spacial score (nSPS) is 33.1. The van der Waals surface area contributed by atoms with Crippen molar-refractivity contribution in [3.8, 4) is 5.75 Å². The molecule has 4 bridgehead atoms. The number of likely N-dealkylation sites (tertiary alicyclic amines) is 1. The number of ether oxygens (including phenoxy) is 5. The summed E-state index contributed by atoms with van der Waals surface area (Å²) in [6.07, 6.45) is 3.60. The van der Waals surface area contributed by atoms with E-state index < -0.39 is 76.8 Å². The molecule has 67 heavy (non-hydrogen) atoms. The second kappa shape index (κ2) is 21.4. The molecule has 1 saturated carbocycles. The molecule has 1 aromatic rings. The van der Waals surface area contributed by atoms with Gasteiger partial charge in [-0.1, -0.05) is 42.3 Å². The monoisotopic (exact) mass is 972 g/mol. The van der Waals surface area contributed by atoms with Crippen LogP contribution < -0.4 is 15.0 Å². The van der Waals surface area contributed by atoms with Crippen LogP contribution in [0.25, 0.3) is 0 Å². The van der Waals surface area contributed by atoms with Gasteiger partial charge >= 0.3 is 12.1 Å². The summed E-state index contributed by atoms with van der Waals surface area (Å²) >= 11 is 8.04. The minimum atomic E-state index is -1.87. The van der Waals surface area contributed by atoms with Gasteiger partial charge in [0.1, 0.15) is 46.5 Å². The van der Waals surface area contributed by atoms with Crippen molar-refractivity contribution in [2.75, 3.05) is 45.5 Å². The van der Waals surface area contributed by atoms with Crippen molar-refractivity contribution in [1.82, 2.24) is 15.1 Å². The van der Waals surface area contributed by atoms with Crippen molar-refractivity contribution in [3.05, 3.63) is 46.5 Å². The number of allylic oxidation sites excluding steroid dienone is 3. The number of benzene rings is 1. The number of fused-ring (bicyclic) bond motifs is 5. The quantitative estimate of drug-likeness (QED) is 0.158. The van der Waals surface area contributed by atoms with Gasteiger partial charge in [-0.05, 0) is 83.4 Å². The van der Waals surface area contributed by atoms with E-state index in [-0.39, 0.29) is 65.9 Å². The number of likely N-dealkylation sites (N-methyl/N-ethyl adjacent to an activating group) is 1. The molecule has 2 N–H and O–H groups in total. The number of carbonyl (C=O) groups excluding carboxylic acids is 7. The Morgan fingerprint density at radius 3 is 2.45 bits per heavy atom. The fourth-order valence-corrected chi connectivity index (χ4v) is 11.1. The Morgan fingerprint density at radius 1 is 1.09 bits per heavy atom. The van der Waals surface area contributed by atoms with Crippen LogP contribution in [0.4, 0.5) is 10.5 Å². The van der Waals surface area contributed by atoms with E-state index in [1.807, 2.05) is 13.0 Å². The number of rotatable bonds is 12. The number of carbonyl (C=O) groups is 7. The number of imide groups is 1. The molecule has 9 atom stereocenters. The van der Waals surface area contributed by atoms with Gasteiger partial charge in [0.15, 0.2) is 5.72 Å². The summed E-state index contributed by atoms with van der Waals surface area (Å²) in [5.74, 6) is -1.84. The van der Waals surface area contributed by atoms with Gasteiger partial charge in [-0.15, -0.1) is 11.8 Å². The molecule has 1 aromatic carbocycles. The van der Waals surface area contributed by atoms with Crippen LogP contribution >= 0.6 is 23.4 Å². The Bertz CT molecular complexity index is 2160. The zero-order chi connectivity index (χ0) is 49.1. The zero-order valence-corrected chi connectivity index (χ0v) is 41.4. The fraction of sp³-hybridized carbons (Fsp3) is 0.646. The van der Waals surface area contributed by atoms with Crippen LogP contribution in [0.5, 0.6) is 5.75 Å². The Kier molecular flexibility index (Phi) is 16.6. The van der Waals surface area contributed by atoms with E-state index in [4.69, 9.17) is 35.3 Å². The number of Topliss-reactive ketones (excluding diaryl/α,β-unsaturated/α-hetero) is 1. The number of esters is 1. The third-order valence-electron chi connectivity index (χ3n) is 14.2. The van der Waals surface area contributed by atoms with Gasteiger partial charge in [0, 0.05) is 64.6 Å². The van der Waals surface area contributed by atoms with Gasteiger partial charge in [-0.3, -0.25) is 34.2 Å². The number of aliphatic hydroxyl groups is 1. The fourth-order valence-electron chi connectivity index (χ4n) is 9.67. The highest BCUT2D eigenvalue weighted by molar-refractivity contribution is 8.00. The Morgan fingerprint density at radius 2 is 1.79 bits per heavy atom. The van der Waals surface area contributed by atoms with Crippen molar-refractivity contribution in [2.24, 2.45) is 17.8 Å². The topological polar surface area (TPSA) is 211 Å². The van der Waals surface area contributed by atoms with E-state index in [0.717, 1.165) is 36.8 Å². The lowest BCUT2D eigenvalue weighted by Crippen LogP contribution is -2.63. The van der Waals surface area contributed by atoms with Crippen LogP contribution in [0.15, 0.2) is 35.9 Å². The minimum absolute atomic E-state index is 0.0292. The van der Waals surface area contributed by atoms with E-state index in [1.165, 1.54) is 54.7 Å². The Balaban J connectivity index is 1.16. The van der Waals surface area contributed by atoms with Crippen LogP contribution in [0.2, 0.25) is 5.02 Å². The van der Waals surface area contributed by atoms with E-state index in [1.54, 1.807) is 52.1 Å². The average Bonchev–Trinajstić information content (AvgIpc) is 3.91. The van der Waals surface area contributed by atoms with Crippen LogP contribution in [0, 0.1) is 17.8 Å². The molecule has 0 aromatic heterocycles. The van der Waals surface area contributed by atoms with Gasteiger partial charge in [0.25, 0.3) is 0 Å². The highest BCUT2D eigenvalue weighted by Gasteiger charge is 2.64. The molecule has 1 aliphatic carbocycles. The number of hydrogen-bond acceptors (Lipinski definition) is 14. The van der Waals surface area contributed by atoms with Crippen molar-refractivity contribution in [2.45, 2.75) is 139 Å². The summed E-state index contributed by atoms with van der Waals surface area (Å²) in [5, 5.41) is 13.9. The number of thioether (sulfide) groups is 1. The largest absolute Gasteiger partial charge is 0.495 e. The molecule has 0 spiro atoms. The highest BCUT2D eigenvalue weighted by atomic mass is 35.5. The van der Waals surface area contributed by atoms with Gasteiger partial charge in [0.2, 0.25) is 23.6 Å². The first-order valence-electron chi connectivity index (χ1n) is 22.9. The number of epoxide rings is 1. The summed E-state index contributed by atoms with van der Waals surface area (Å²) in [4.78, 5) is 96.8. The number of anilines is 1. The number of ketones is 1. The third-order valence-corrected chi connectivity index (χ3v) is 15.8. The molecular weight excluding hydrogens is 908 g/mol.